The summed E-state index contributed by atoms with van der Waals surface area (Å²) in [5.74, 6) is 0.769. The molecule has 0 fully saturated rings. The summed E-state index contributed by atoms with van der Waals surface area (Å²) in [7, 11) is 1.98. The van der Waals surface area contributed by atoms with Crippen molar-refractivity contribution in [2.75, 3.05) is 17.7 Å². The number of rotatable bonds is 2. The molecule has 1 aromatic carbocycles. The lowest BCUT2D eigenvalue weighted by molar-refractivity contribution is 1.11. The van der Waals surface area contributed by atoms with E-state index in [1.54, 1.807) is 6.20 Å². The number of aryl methyl sites for hydroxylation is 2. The highest BCUT2D eigenvalue weighted by molar-refractivity contribution is 9.10. The first kappa shape index (κ1) is 12.9. The average molecular weight is 306 g/mol. The standard InChI is InChI=1S/C14H16BrN3/c1-9-4-5-13(10(2)6-9)18(3)14-12(16)7-11(15)8-17-14/h4-8H,16H2,1-3H3. The third kappa shape index (κ3) is 2.48. The van der Waals surface area contributed by atoms with Crippen LogP contribution < -0.4 is 10.6 Å². The molecule has 94 valence electrons. The van der Waals surface area contributed by atoms with E-state index >= 15 is 0 Å². The summed E-state index contributed by atoms with van der Waals surface area (Å²) < 4.78 is 0.887. The number of halogens is 1. The fourth-order valence-electron chi connectivity index (χ4n) is 2.02. The summed E-state index contributed by atoms with van der Waals surface area (Å²) >= 11 is 3.36. The molecule has 0 amide bonds. The van der Waals surface area contributed by atoms with Gasteiger partial charge in [-0.15, -0.1) is 0 Å². The summed E-state index contributed by atoms with van der Waals surface area (Å²) in [5, 5.41) is 0. The largest absolute Gasteiger partial charge is 0.396 e. The van der Waals surface area contributed by atoms with Crippen LogP contribution in [-0.2, 0) is 0 Å². The van der Waals surface area contributed by atoms with E-state index in [4.69, 9.17) is 5.73 Å². The van der Waals surface area contributed by atoms with Crippen LogP contribution in [0.2, 0.25) is 0 Å². The number of nitrogens with two attached hydrogens (primary N) is 1. The van der Waals surface area contributed by atoms with Crippen LogP contribution in [0.5, 0.6) is 0 Å². The van der Waals surface area contributed by atoms with E-state index in [9.17, 15) is 0 Å². The lowest BCUT2D eigenvalue weighted by Crippen LogP contribution is -2.14. The predicted octanol–water partition coefficient (Wildman–Crippen LogP) is 3.81. The van der Waals surface area contributed by atoms with Crippen molar-refractivity contribution in [2.45, 2.75) is 13.8 Å². The second kappa shape index (κ2) is 4.98. The molecule has 0 radical (unpaired) electrons. The molecule has 0 aliphatic carbocycles. The summed E-state index contributed by atoms with van der Waals surface area (Å²) in [4.78, 5) is 6.38. The van der Waals surface area contributed by atoms with E-state index in [2.05, 4.69) is 53.0 Å². The minimum absolute atomic E-state index is 0.659. The van der Waals surface area contributed by atoms with Gasteiger partial charge in [0.25, 0.3) is 0 Å². The lowest BCUT2D eigenvalue weighted by atomic mass is 10.1. The van der Waals surface area contributed by atoms with Crippen molar-refractivity contribution < 1.29 is 0 Å². The molecule has 2 rings (SSSR count). The predicted molar refractivity (Wildman–Crippen MR) is 80.3 cm³/mol. The number of pyridine rings is 1. The number of anilines is 3. The van der Waals surface area contributed by atoms with E-state index in [0.717, 1.165) is 16.0 Å². The van der Waals surface area contributed by atoms with Gasteiger partial charge in [0.1, 0.15) is 0 Å². The van der Waals surface area contributed by atoms with Gasteiger partial charge in [0.05, 0.1) is 5.69 Å². The van der Waals surface area contributed by atoms with Crippen molar-refractivity contribution in [2.24, 2.45) is 0 Å². The molecule has 1 heterocycles. The van der Waals surface area contributed by atoms with E-state index in [-0.39, 0.29) is 0 Å². The summed E-state index contributed by atoms with van der Waals surface area (Å²) in [6.07, 6.45) is 1.76. The first-order valence-corrected chi connectivity index (χ1v) is 6.50. The monoisotopic (exact) mass is 305 g/mol. The molecule has 18 heavy (non-hydrogen) atoms. The van der Waals surface area contributed by atoms with Crippen LogP contribution in [0.25, 0.3) is 0 Å². The van der Waals surface area contributed by atoms with Crippen LogP contribution >= 0.6 is 15.9 Å². The van der Waals surface area contributed by atoms with E-state index < -0.39 is 0 Å². The molecule has 0 saturated heterocycles. The molecule has 0 unspecified atom stereocenters. The fraction of sp³-hybridized carbons (Fsp3) is 0.214. The highest BCUT2D eigenvalue weighted by atomic mass is 79.9. The Morgan fingerprint density at radius 2 is 1.94 bits per heavy atom. The number of aromatic nitrogens is 1. The van der Waals surface area contributed by atoms with Crippen LogP contribution in [0.4, 0.5) is 17.2 Å². The summed E-state index contributed by atoms with van der Waals surface area (Å²) in [6.45, 7) is 4.18. The minimum atomic E-state index is 0.659. The molecule has 2 N–H and O–H groups in total. The normalized spacial score (nSPS) is 10.4. The van der Waals surface area contributed by atoms with Crippen molar-refractivity contribution in [3.8, 4) is 0 Å². The van der Waals surface area contributed by atoms with Gasteiger partial charge in [-0.1, -0.05) is 17.7 Å². The van der Waals surface area contributed by atoms with Crippen LogP contribution in [0.1, 0.15) is 11.1 Å². The molecule has 0 saturated carbocycles. The van der Waals surface area contributed by atoms with Crippen LogP contribution in [0, 0.1) is 13.8 Å². The first-order chi connectivity index (χ1) is 8.49. The van der Waals surface area contributed by atoms with Crippen molar-refractivity contribution >= 4 is 33.1 Å². The fourth-order valence-corrected chi connectivity index (χ4v) is 2.37. The second-order valence-electron chi connectivity index (χ2n) is 4.42. The quantitative estimate of drug-likeness (QED) is 0.917. The van der Waals surface area contributed by atoms with Gasteiger partial charge in [-0.2, -0.15) is 0 Å². The number of benzene rings is 1. The molecule has 0 spiro atoms. The van der Waals surface area contributed by atoms with Crippen LogP contribution in [0.15, 0.2) is 34.9 Å². The first-order valence-electron chi connectivity index (χ1n) is 5.71. The zero-order valence-corrected chi connectivity index (χ0v) is 12.3. The Hall–Kier alpha value is -1.55. The van der Waals surface area contributed by atoms with E-state index in [1.807, 2.05) is 18.0 Å². The van der Waals surface area contributed by atoms with Crippen LogP contribution in [0.3, 0.4) is 0 Å². The number of nitrogens with zero attached hydrogens (tertiary/aromatic N) is 2. The van der Waals surface area contributed by atoms with E-state index in [0.29, 0.717) is 5.69 Å². The molecule has 0 bridgehead atoms. The summed E-state index contributed by atoms with van der Waals surface area (Å²) in [6, 6.07) is 8.20. The van der Waals surface area contributed by atoms with Crippen molar-refractivity contribution in [3.05, 3.63) is 46.1 Å². The van der Waals surface area contributed by atoms with Gasteiger partial charge < -0.3 is 10.6 Å². The number of nitrogen functional groups attached to an aromatic ring is 1. The maximum atomic E-state index is 6.01. The van der Waals surface area contributed by atoms with Gasteiger partial charge in [0, 0.05) is 23.4 Å². The van der Waals surface area contributed by atoms with Gasteiger partial charge in [-0.25, -0.2) is 4.98 Å². The highest BCUT2D eigenvalue weighted by Gasteiger charge is 2.11. The molecular weight excluding hydrogens is 290 g/mol. The van der Waals surface area contributed by atoms with Gasteiger partial charge in [0.2, 0.25) is 0 Å². The Kier molecular flexibility index (Phi) is 3.57. The maximum Gasteiger partial charge on any atom is 0.156 e. The van der Waals surface area contributed by atoms with Crippen LogP contribution in [-0.4, -0.2) is 12.0 Å². The zero-order chi connectivity index (χ0) is 13.3. The molecule has 0 atom stereocenters. The molecule has 3 nitrogen and oxygen atoms in total. The Morgan fingerprint density at radius 3 is 2.56 bits per heavy atom. The third-order valence-corrected chi connectivity index (χ3v) is 3.33. The molecular formula is C14H16BrN3. The third-order valence-electron chi connectivity index (χ3n) is 2.89. The average Bonchev–Trinajstić information content (AvgIpc) is 2.28. The number of hydrogen-bond donors (Lipinski definition) is 1. The molecule has 1 aromatic heterocycles. The van der Waals surface area contributed by atoms with Gasteiger partial charge in [0.15, 0.2) is 5.82 Å². The van der Waals surface area contributed by atoms with E-state index in [1.165, 1.54) is 11.1 Å². The van der Waals surface area contributed by atoms with Gasteiger partial charge >= 0.3 is 0 Å². The Labute approximate surface area is 116 Å². The molecule has 4 heteroatoms. The second-order valence-corrected chi connectivity index (χ2v) is 5.33. The highest BCUT2D eigenvalue weighted by Crippen LogP contribution is 2.30. The molecule has 0 aliphatic rings. The maximum absolute atomic E-state index is 6.01. The Morgan fingerprint density at radius 1 is 1.22 bits per heavy atom. The topological polar surface area (TPSA) is 42.2 Å². The van der Waals surface area contributed by atoms with Crippen molar-refractivity contribution in [3.63, 3.8) is 0 Å². The SMILES string of the molecule is Cc1ccc(N(C)c2ncc(Br)cc2N)c(C)c1. The summed E-state index contributed by atoms with van der Waals surface area (Å²) in [5.41, 5.74) is 10.2. The molecule has 2 aromatic rings. The Balaban J connectivity index is 2.44. The lowest BCUT2D eigenvalue weighted by Gasteiger charge is -2.22. The zero-order valence-electron chi connectivity index (χ0n) is 10.7. The minimum Gasteiger partial charge on any atom is -0.396 e. The smallest absolute Gasteiger partial charge is 0.156 e. The van der Waals surface area contributed by atoms with Gasteiger partial charge in [-0.3, -0.25) is 0 Å². The number of hydrogen-bond acceptors (Lipinski definition) is 3. The van der Waals surface area contributed by atoms with Crippen molar-refractivity contribution in [1.29, 1.82) is 0 Å². The van der Waals surface area contributed by atoms with Crippen molar-refractivity contribution in [1.82, 2.24) is 4.98 Å². The molecule has 0 aliphatic heterocycles. The Bertz CT molecular complexity index is 530. The van der Waals surface area contributed by atoms with Gasteiger partial charge in [-0.05, 0) is 47.5 Å².